The van der Waals surface area contributed by atoms with Gasteiger partial charge in [-0.25, -0.2) is 9.97 Å². The lowest BCUT2D eigenvalue weighted by molar-refractivity contribution is -0.117. The molecule has 0 radical (unpaired) electrons. The minimum Gasteiger partial charge on any atom is -0.477 e. The van der Waals surface area contributed by atoms with Crippen molar-refractivity contribution in [2.75, 3.05) is 13.2 Å². The molecule has 0 unspecified atom stereocenters. The van der Waals surface area contributed by atoms with Crippen LogP contribution in [0.4, 0.5) is 0 Å². The van der Waals surface area contributed by atoms with E-state index in [0.717, 1.165) is 50.7 Å². The first-order chi connectivity index (χ1) is 18.2. The van der Waals surface area contributed by atoms with Crippen LogP contribution in [0, 0.1) is 5.41 Å². The molecule has 0 bridgehead atoms. The zero-order valence-electron chi connectivity index (χ0n) is 21.7. The number of ketones is 1. The van der Waals surface area contributed by atoms with Crippen LogP contribution >= 0.6 is 11.3 Å². The molecule has 38 heavy (non-hydrogen) atoms. The summed E-state index contributed by atoms with van der Waals surface area (Å²) in [5, 5.41) is 13.6. The summed E-state index contributed by atoms with van der Waals surface area (Å²) in [7, 11) is 0. The number of imidazole rings is 1. The smallest absolute Gasteiger partial charge is 0.214 e. The fourth-order valence-electron chi connectivity index (χ4n) is 4.37. The Balaban J connectivity index is 1.12. The third-order valence-corrected chi connectivity index (χ3v) is 8.05. The van der Waals surface area contributed by atoms with E-state index >= 15 is 0 Å². The highest BCUT2D eigenvalue weighted by molar-refractivity contribution is 7.23. The zero-order valence-corrected chi connectivity index (χ0v) is 22.5. The van der Waals surface area contributed by atoms with E-state index in [1.54, 1.807) is 0 Å². The first kappa shape index (κ1) is 24.8. The van der Waals surface area contributed by atoms with Gasteiger partial charge < -0.3 is 14.4 Å². The Kier molecular flexibility index (Phi) is 6.07. The van der Waals surface area contributed by atoms with E-state index < -0.39 is 0 Å². The summed E-state index contributed by atoms with van der Waals surface area (Å²) < 4.78 is 13.3. The largest absolute Gasteiger partial charge is 0.477 e. The lowest BCUT2D eigenvalue weighted by Crippen LogP contribution is -2.17. The molecule has 0 spiro atoms. The normalized spacial score (nSPS) is 14.8. The maximum atomic E-state index is 12.6. The van der Waals surface area contributed by atoms with Crippen LogP contribution < -0.4 is 4.74 Å². The van der Waals surface area contributed by atoms with Gasteiger partial charge >= 0.3 is 0 Å². The van der Waals surface area contributed by atoms with Crippen LogP contribution in [-0.2, 0) is 23.1 Å². The number of rotatable bonds is 9. The highest BCUT2D eigenvalue weighted by Gasteiger charge is 2.43. The summed E-state index contributed by atoms with van der Waals surface area (Å²) >= 11 is 1.51. The minimum atomic E-state index is -0.133. The molecule has 4 aromatic heterocycles. The van der Waals surface area contributed by atoms with Gasteiger partial charge in [-0.15, -0.1) is 0 Å². The molecular formula is C29H30N4O4S. The van der Waals surface area contributed by atoms with E-state index in [9.17, 15) is 9.90 Å². The topological polar surface area (TPSA) is 103 Å². The highest BCUT2D eigenvalue weighted by atomic mass is 32.1. The first-order valence-electron chi connectivity index (χ1n) is 12.8. The van der Waals surface area contributed by atoms with E-state index in [2.05, 4.69) is 30.9 Å². The fourth-order valence-corrected chi connectivity index (χ4v) is 5.35. The molecular weight excluding hydrogens is 500 g/mol. The number of hydrogen-bond acceptors (Lipinski definition) is 8. The lowest BCUT2D eigenvalue weighted by atomic mass is 9.93. The van der Waals surface area contributed by atoms with Crippen LogP contribution in [0.25, 0.3) is 26.6 Å². The van der Waals surface area contributed by atoms with Gasteiger partial charge in [0.25, 0.3) is 0 Å². The molecule has 5 aromatic rings. The second-order valence-electron chi connectivity index (χ2n) is 11.3. The second kappa shape index (κ2) is 9.32. The molecule has 0 atom stereocenters. The van der Waals surface area contributed by atoms with Gasteiger partial charge in [-0.3, -0.25) is 9.20 Å². The summed E-state index contributed by atoms with van der Waals surface area (Å²) in [5.74, 6) is 1.46. The molecule has 1 fully saturated rings. The van der Waals surface area contributed by atoms with Crippen LogP contribution in [-0.4, -0.2) is 43.6 Å². The maximum Gasteiger partial charge on any atom is 0.214 e. The lowest BCUT2D eigenvalue weighted by Gasteiger charge is -2.12. The van der Waals surface area contributed by atoms with Crippen LogP contribution in [0.2, 0.25) is 0 Å². The molecule has 1 aromatic carbocycles. The third kappa shape index (κ3) is 4.96. The molecule has 1 aliphatic rings. The fraction of sp³-hybridized carbons (Fsp3) is 0.379. The standard InChI is InChI=1S/C29H30N4O4S/c1-28(2,3)24-14-20(32-37-24)13-21(35)12-18-4-6-19(7-5-18)22-15-33-23-8-9-25(31-26(23)38-27(33)30-22)36-17-29(16-34)10-11-29/h4-9,14-15,34H,10-13,16-17H2,1-3H3. The second-order valence-corrected chi connectivity index (χ2v) is 12.3. The summed E-state index contributed by atoms with van der Waals surface area (Å²) in [6.07, 6.45) is 4.61. The van der Waals surface area contributed by atoms with Gasteiger partial charge in [0.2, 0.25) is 5.88 Å². The first-order valence-corrected chi connectivity index (χ1v) is 13.6. The maximum absolute atomic E-state index is 12.6. The summed E-state index contributed by atoms with van der Waals surface area (Å²) in [6.45, 7) is 6.82. The van der Waals surface area contributed by atoms with Gasteiger partial charge in [-0.1, -0.05) is 61.5 Å². The molecule has 1 N–H and O–H groups in total. The molecule has 0 saturated heterocycles. The van der Waals surface area contributed by atoms with E-state index in [-0.39, 0.29) is 29.6 Å². The number of fused-ring (bicyclic) bond motifs is 3. The average molecular weight is 531 g/mol. The number of benzene rings is 1. The SMILES string of the molecule is CC(C)(C)c1cc(CC(=O)Cc2ccc(-c3cn4c(n3)sc3nc(OCC5(CO)CC5)ccc34)cc2)no1. The summed E-state index contributed by atoms with van der Waals surface area (Å²) in [5.41, 5.74) is 4.25. The van der Waals surface area contributed by atoms with Gasteiger partial charge in [0.1, 0.15) is 16.4 Å². The zero-order chi connectivity index (χ0) is 26.5. The van der Waals surface area contributed by atoms with Crippen molar-refractivity contribution in [2.45, 2.75) is 51.9 Å². The van der Waals surface area contributed by atoms with Crippen molar-refractivity contribution in [3.8, 4) is 17.1 Å². The minimum absolute atomic E-state index is 0.0778. The molecule has 1 aliphatic carbocycles. The van der Waals surface area contributed by atoms with Crippen LogP contribution in [0.15, 0.2) is 53.2 Å². The predicted octanol–water partition coefficient (Wildman–Crippen LogP) is 5.40. The summed E-state index contributed by atoms with van der Waals surface area (Å²) in [6, 6.07) is 13.7. The Bertz CT molecular complexity index is 1620. The number of nitrogens with zero attached hydrogens (tertiary/aromatic N) is 4. The number of carbonyl (C=O) groups is 1. The average Bonchev–Trinajstić information content (AvgIpc) is 3.16. The van der Waals surface area contributed by atoms with Crippen LogP contribution in [0.5, 0.6) is 5.88 Å². The molecule has 6 rings (SSSR count). The number of aliphatic hydroxyl groups is 1. The van der Waals surface area contributed by atoms with E-state index in [0.29, 0.717) is 24.6 Å². The number of carbonyl (C=O) groups excluding carboxylic acids is 1. The van der Waals surface area contributed by atoms with E-state index in [1.165, 1.54) is 11.3 Å². The Labute approximate surface area is 224 Å². The van der Waals surface area contributed by atoms with Gasteiger partial charge in [-0.05, 0) is 24.5 Å². The van der Waals surface area contributed by atoms with Crippen molar-refractivity contribution < 1.29 is 19.2 Å². The van der Waals surface area contributed by atoms with Crippen molar-refractivity contribution in [3.63, 3.8) is 0 Å². The molecule has 1 saturated carbocycles. The Morgan fingerprint density at radius 1 is 1.13 bits per heavy atom. The molecule has 9 heteroatoms. The van der Waals surface area contributed by atoms with Crippen molar-refractivity contribution in [1.82, 2.24) is 19.5 Å². The van der Waals surface area contributed by atoms with Gasteiger partial charge in [0.05, 0.1) is 36.5 Å². The molecule has 4 heterocycles. The van der Waals surface area contributed by atoms with E-state index in [4.69, 9.17) is 14.2 Å². The third-order valence-electron chi connectivity index (χ3n) is 7.08. The number of aromatic nitrogens is 4. The molecule has 0 amide bonds. The predicted molar refractivity (Wildman–Crippen MR) is 146 cm³/mol. The number of pyridine rings is 1. The van der Waals surface area contributed by atoms with Gasteiger partial charge in [-0.2, -0.15) is 0 Å². The van der Waals surface area contributed by atoms with Crippen LogP contribution in [0.3, 0.4) is 0 Å². The van der Waals surface area contributed by atoms with Crippen molar-refractivity contribution in [1.29, 1.82) is 0 Å². The van der Waals surface area contributed by atoms with Crippen molar-refractivity contribution in [2.24, 2.45) is 5.41 Å². The Morgan fingerprint density at radius 3 is 2.61 bits per heavy atom. The molecule has 8 nitrogen and oxygen atoms in total. The quantitative estimate of drug-likeness (QED) is 0.272. The number of thiazole rings is 1. The summed E-state index contributed by atoms with van der Waals surface area (Å²) in [4.78, 5) is 23.8. The Morgan fingerprint density at radius 2 is 1.92 bits per heavy atom. The van der Waals surface area contributed by atoms with E-state index in [1.807, 2.05) is 53.1 Å². The molecule has 196 valence electrons. The highest BCUT2D eigenvalue weighted by Crippen LogP contribution is 2.45. The van der Waals surface area contributed by atoms with Gasteiger partial charge in [0.15, 0.2) is 4.96 Å². The monoisotopic (exact) mass is 530 g/mol. The molecule has 0 aliphatic heterocycles. The number of ether oxygens (including phenoxy) is 1. The number of aliphatic hydroxyl groups excluding tert-OH is 1. The van der Waals surface area contributed by atoms with Crippen molar-refractivity contribution >= 4 is 32.4 Å². The Hall–Kier alpha value is -3.56. The number of Topliss-reactive ketones (excluding diaryl/α,β-unsaturated/α-hetero) is 1. The van der Waals surface area contributed by atoms with Crippen molar-refractivity contribution in [3.05, 3.63) is 65.7 Å². The van der Waals surface area contributed by atoms with Crippen LogP contribution in [0.1, 0.15) is 50.6 Å². The van der Waals surface area contributed by atoms with Gasteiger partial charge in [0, 0.05) is 41.1 Å². The number of hydrogen-bond donors (Lipinski definition) is 1.